The smallest absolute Gasteiger partial charge is 0.411 e. The topological polar surface area (TPSA) is 64.8 Å². The number of fused-ring (bicyclic) bond motifs is 1. The summed E-state index contributed by atoms with van der Waals surface area (Å²) < 4.78 is 13.9. The van der Waals surface area contributed by atoms with Crippen molar-refractivity contribution in [1.82, 2.24) is 4.57 Å². The number of carbonyl (C=O) groups excluding carboxylic acids is 1. The number of nitrogens with zero attached hydrogens (tertiary/aromatic N) is 2. The Morgan fingerprint density at radius 2 is 1.94 bits per heavy atom. The maximum atomic E-state index is 12.4. The summed E-state index contributed by atoms with van der Waals surface area (Å²) in [7, 11) is 0. The molecule has 2 aliphatic carbocycles. The van der Waals surface area contributed by atoms with E-state index in [0.29, 0.717) is 25.1 Å². The van der Waals surface area contributed by atoms with Crippen molar-refractivity contribution in [1.29, 1.82) is 0 Å². The van der Waals surface area contributed by atoms with Crippen LogP contribution in [0.5, 0.6) is 5.75 Å². The predicted molar refractivity (Wildman–Crippen MR) is 144 cm³/mol. The number of anilines is 1. The molecule has 1 atom stereocenters. The zero-order chi connectivity index (χ0) is 24.6. The van der Waals surface area contributed by atoms with Gasteiger partial charge < -0.3 is 14.0 Å². The minimum absolute atomic E-state index is 0.0353. The van der Waals surface area contributed by atoms with Gasteiger partial charge in [0, 0.05) is 28.7 Å². The molecule has 3 aliphatic rings. The minimum Gasteiger partial charge on any atom is -0.494 e. The number of aromatic nitrogens is 1. The fourth-order valence-electron chi connectivity index (χ4n) is 5.33. The van der Waals surface area contributed by atoms with E-state index in [9.17, 15) is 4.79 Å². The van der Waals surface area contributed by atoms with E-state index in [4.69, 9.17) is 14.5 Å². The van der Waals surface area contributed by atoms with Gasteiger partial charge in [0.1, 0.15) is 11.9 Å². The third-order valence-corrected chi connectivity index (χ3v) is 7.61. The van der Waals surface area contributed by atoms with Gasteiger partial charge in [-0.05, 0) is 87.8 Å². The molecule has 6 heteroatoms. The molecular weight excluding hydrogens is 450 g/mol. The van der Waals surface area contributed by atoms with E-state index in [0.717, 1.165) is 35.6 Å². The Morgan fingerprint density at radius 3 is 2.58 bits per heavy atom. The quantitative estimate of drug-likeness (QED) is 0.370. The number of hydrogen-bond acceptors (Lipinski definition) is 4. The summed E-state index contributed by atoms with van der Waals surface area (Å²) in [5.74, 6) is 1.41. The van der Waals surface area contributed by atoms with Gasteiger partial charge in [-0.1, -0.05) is 18.2 Å². The molecule has 2 saturated carbocycles. The zero-order valence-electron chi connectivity index (χ0n) is 21.0. The van der Waals surface area contributed by atoms with Crippen LogP contribution in [0, 0.1) is 5.92 Å². The molecule has 1 amide bonds. The van der Waals surface area contributed by atoms with Crippen molar-refractivity contribution in [3.05, 3.63) is 60.2 Å². The van der Waals surface area contributed by atoms with E-state index >= 15 is 0 Å². The second-order valence-electron chi connectivity index (χ2n) is 10.1. The molecule has 3 aromatic rings. The Morgan fingerprint density at radius 1 is 1.14 bits per heavy atom. The first-order valence-corrected chi connectivity index (χ1v) is 13.2. The molecule has 0 saturated heterocycles. The van der Waals surface area contributed by atoms with Crippen molar-refractivity contribution < 1.29 is 14.3 Å². The minimum atomic E-state index is -0.389. The summed E-state index contributed by atoms with van der Waals surface area (Å²) in [5, 5.41) is 4.09. The first kappa shape index (κ1) is 22.9. The van der Waals surface area contributed by atoms with Crippen LogP contribution in [0.15, 0.2) is 59.6 Å². The molecule has 0 bridgehead atoms. The average molecular weight is 484 g/mol. The summed E-state index contributed by atoms with van der Waals surface area (Å²) in [6, 6.07) is 15.0. The number of rotatable bonds is 8. The molecule has 1 aromatic heterocycles. The predicted octanol–water partition coefficient (Wildman–Crippen LogP) is 7.14. The third-order valence-electron chi connectivity index (χ3n) is 7.61. The molecule has 186 valence electrons. The van der Waals surface area contributed by atoms with Crippen molar-refractivity contribution in [2.75, 3.05) is 18.5 Å². The molecule has 2 fully saturated rings. The van der Waals surface area contributed by atoms with E-state index in [1.54, 1.807) is 0 Å². The maximum absolute atomic E-state index is 12.4. The Balaban J connectivity index is 1.40. The number of ether oxygens (including phenoxy) is 2. The Bertz CT molecular complexity index is 1340. The number of benzene rings is 2. The molecule has 0 radical (unpaired) electrons. The number of aliphatic imine (C=N–C) groups is 1. The summed E-state index contributed by atoms with van der Waals surface area (Å²) in [6.07, 6.45) is 9.69. The molecule has 1 unspecified atom stereocenters. The van der Waals surface area contributed by atoms with Crippen molar-refractivity contribution in [3.8, 4) is 17.0 Å². The summed E-state index contributed by atoms with van der Waals surface area (Å²) in [5.41, 5.74) is 6.42. The highest BCUT2D eigenvalue weighted by Gasteiger charge is 2.31. The van der Waals surface area contributed by atoms with E-state index in [2.05, 4.69) is 52.4 Å². The van der Waals surface area contributed by atoms with Gasteiger partial charge in [0.2, 0.25) is 0 Å². The van der Waals surface area contributed by atoms with Crippen LogP contribution in [-0.2, 0) is 4.74 Å². The molecule has 2 heterocycles. The van der Waals surface area contributed by atoms with E-state index in [-0.39, 0.29) is 12.2 Å². The van der Waals surface area contributed by atoms with E-state index in [1.807, 2.05) is 26.0 Å². The molecule has 1 N–H and O–H groups in total. The standard InChI is InChI=1S/C30H33N3O3/c1-3-35-24-15-16-25-27(18-24)33(23-6-4-7-23)29(28(25)26-8-5-17-31-26)21-11-13-22(14-12-21)32-30(34)36-19(2)20-9-10-20/h5,8,11-16,18-20,23H,3-4,6-7,9-10,17H2,1-2H3,(H,32,34). The van der Waals surface area contributed by atoms with Gasteiger partial charge in [-0.2, -0.15) is 0 Å². The summed E-state index contributed by atoms with van der Waals surface area (Å²) >= 11 is 0. The van der Waals surface area contributed by atoms with Crippen LogP contribution in [0.1, 0.15) is 57.6 Å². The molecule has 6 nitrogen and oxygen atoms in total. The fourth-order valence-corrected chi connectivity index (χ4v) is 5.33. The van der Waals surface area contributed by atoms with E-state index in [1.165, 1.54) is 41.4 Å². The van der Waals surface area contributed by atoms with Crippen LogP contribution in [0.25, 0.3) is 22.2 Å². The number of carbonyl (C=O) groups is 1. The number of allylic oxidation sites excluding steroid dienone is 1. The Hall–Kier alpha value is -3.54. The van der Waals surface area contributed by atoms with Gasteiger partial charge in [0.05, 0.1) is 30.1 Å². The van der Waals surface area contributed by atoms with Crippen LogP contribution < -0.4 is 10.1 Å². The van der Waals surface area contributed by atoms with Crippen molar-refractivity contribution in [2.24, 2.45) is 10.9 Å². The molecule has 6 rings (SSSR count). The van der Waals surface area contributed by atoms with Crippen LogP contribution in [0.3, 0.4) is 0 Å². The number of amides is 1. The molecule has 2 aromatic carbocycles. The van der Waals surface area contributed by atoms with Crippen LogP contribution >= 0.6 is 0 Å². The molecular formula is C30H33N3O3. The lowest BCUT2D eigenvalue weighted by atomic mass is 9.92. The normalized spacial score (nSPS) is 18.1. The van der Waals surface area contributed by atoms with Crippen LogP contribution in [0.2, 0.25) is 0 Å². The van der Waals surface area contributed by atoms with Crippen molar-refractivity contribution in [2.45, 2.75) is 58.1 Å². The van der Waals surface area contributed by atoms with Crippen molar-refractivity contribution >= 4 is 28.4 Å². The number of nitrogens with one attached hydrogen (secondary N) is 1. The third kappa shape index (κ3) is 4.29. The highest BCUT2D eigenvalue weighted by Crippen LogP contribution is 2.44. The monoisotopic (exact) mass is 483 g/mol. The molecule has 36 heavy (non-hydrogen) atoms. The van der Waals surface area contributed by atoms with Gasteiger partial charge in [-0.25, -0.2) is 4.79 Å². The van der Waals surface area contributed by atoms with Gasteiger partial charge in [0.15, 0.2) is 0 Å². The van der Waals surface area contributed by atoms with Gasteiger partial charge in [-0.15, -0.1) is 0 Å². The first-order valence-electron chi connectivity index (χ1n) is 13.2. The first-order chi connectivity index (χ1) is 17.6. The average Bonchev–Trinajstić information content (AvgIpc) is 3.47. The van der Waals surface area contributed by atoms with Crippen LogP contribution in [0.4, 0.5) is 10.5 Å². The highest BCUT2D eigenvalue weighted by atomic mass is 16.6. The Labute approximate surface area is 212 Å². The molecule has 0 spiro atoms. The van der Waals surface area contributed by atoms with Gasteiger partial charge >= 0.3 is 6.09 Å². The molecule has 1 aliphatic heterocycles. The van der Waals surface area contributed by atoms with Gasteiger partial charge in [-0.3, -0.25) is 10.3 Å². The Kier molecular flexibility index (Phi) is 6.04. The lowest BCUT2D eigenvalue weighted by Crippen LogP contribution is -2.21. The SMILES string of the molecule is CCOc1ccc2c(C3=NCC=C3)c(-c3ccc(NC(=O)OC(C)C4CC4)cc3)n(C3CCC3)c2c1. The summed E-state index contributed by atoms with van der Waals surface area (Å²) in [4.78, 5) is 17.2. The zero-order valence-corrected chi connectivity index (χ0v) is 21.0. The van der Waals surface area contributed by atoms with E-state index < -0.39 is 0 Å². The summed E-state index contributed by atoms with van der Waals surface area (Å²) in [6.45, 7) is 5.34. The van der Waals surface area contributed by atoms with Crippen molar-refractivity contribution in [3.63, 3.8) is 0 Å². The lowest BCUT2D eigenvalue weighted by Gasteiger charge is -2.30. The largest absolute Gasteiger partial charge is 0.494 e. The number of hydrogen-bond donors (Lipinski definition) is 1. The second-order valence-corrected chi connectivity index (χ2v) is 10.1. The second kappa shape index (κ2) is 9.49. The van der Waals surface area contributed by atoms with Gasteiger partial charge in [0.25, 0.3) is 0 Å². The maximum Gasteiger partial charge on any atom is 0.411 e. The lowest BCUT2D eigenvalue weighted by molar-refractivity contribution is 0.108. The van der Waals surface area contributed by atoms with Crippen LogP contribution in [-0.4, -0.2) is 35.6 Å². The highest BCUT2D eigenvalue weighted by molar-refractivity contribution is 6.21. The fraction of sp³-hybridized carbons (Fsp3) is 0.400.